The van der Waals surface area contributed by atoms with Gasteiger partial charge in [-0.2, -0.15) is 0 Å². The van der Waals surface area contributed by atoms with Crippen LogP contribution in [-0.4, -0.2) is 25.4 Å². The number of rotatable bonds is 2. The number of H-pyrrole nitrogens is 1. The highest BCUT2D eigenvalue weighted by Gasteiger charge is 2.11. The fourth-order valence-electron chi connectivity index (χ4n) is 2.81. The van der Waals surface area contributed by atoms with E-state index in [9.17, 15) is 9.59 Å². The van der Waals surface area contributed by atoms with Gasteiger partial charge in [0.15, 0.2) is 0 Å². The highest BCUT2D eigenvalue weighted by atomic mass is 16.1. The number of amides is 1. The van der Waals surface area contributed by atoms with Crippen LogP contribution in [0.2, 0.25) is 0 Å². The van der Waals surface area contributed by atoms with E-state index < -0.39 is 0 Å². The van der Waals surface area contributed by atoms with E-state index in [1.807, 2.05) is 24.6 Å². The number of nitrogens with one attached hydrogen (secondary N) is 2. The molecule has 2 aromatic carbocycles. The van der Waals surface area contributed by atoms with Crippen LogP contribution in [-0.2, 0) is 7.05 Å². The lowest BCUT2D eigenvalue weighted by Crippen LogP contribution is -2.13. The highest BCUT2D eigenvalue weighted by Crippen LogP contribution is 2.19. The molecule has 4 rings (SSSR count). The average molecular weight is 333 g/mol. The third kappa shape index (κ3) is 2.55. The zero-order chi connectivity index (χ0) is 17.6. The smallest absolute Gasteiger partial charge is 0.258 e. The second-order valence-electron chi connectivity index (χ2n) is 5.84. The van der Waals surface area contributed by atoms with Gasteiger partial charge in [0.1, 0.15) is 5.82 Å². The van der Waals surface area contributed by atoms with Gasteiger partial charge in [-0.05, 0) is 43.3 Å². The summed E-state index contributed by atoms with van der Waals surface area (Å²) >= 11 is 0. The minimum atomic E-state index is -0.259. The Labute approximate surface area is 142 Å². The van der Waals surface area contributed by atoms with Crippen molar-refractivity contribution in [2.24, 2.45) is 7.05 Å². The lowest BCUT2D eigenvalue weighted by atomic mass is 10.1. The summed E-state index contributed by atoms with van der Waals surface area (Å²) in [6, 6.07) is 10.4. The first-order valence-electron chi connectivity index (χ1n) is 7.75. The summed E-state index contributed by atoms with van der Waals surface area (Å²) in [4.78, 5) is 35.4. The lowest BCUT2D eigenvalue weighted by Gasteiger charge is -2.06. The molecule has 0 saturated heterocycles. The lowest BCUT2D eigenvalue weighted by molar-refractivity contribution is 0.102. The molecule has 7 heteroatoms. The number of benzene rings is 2. The van der Waals surface area contributed by atoms with Crippen molar-refractivity contribution < 1.29 is 4.79 Å². The first-order chi connectivity index (χ1) is 12.0. The molecule has 0 aliphatic rings. The molecule has 0 aliphatic carbocycles. The van der Waals surface area contributed by atoms with Gasteiger partial charge in [0, 0.05) is 18.3 Å². The highest BCUT2D eigenvalue weighted by molar-refractivity contribution is 6.06. The molecule has 7 nitrogen and oxygen atoms in total. The topological polar surface area (TPSA) is 92.7 Å². The van der Waals surface area contributed by atoms with E-state index >= 15 is 0 Å². The molecule has 0 saturated carbocycles. The zero-order valence-electron chi connectivity index (χ0n) is 13.7. The number of anilines is 1. The Morgan fingerprint density at radius 1 is 1.16 bits per heavy atom. The third-order valence-electron chi connectivity index (χ3n) is 4.26. The Hall–Kier alpha value is -3.48. The van der Waals surface area contributed by atoms with Gasteiger partial charge in [-0.25, -0.2) is 9.97 Å². The van der Waals surface area contributed by atoms with Crippen LogP contribution in [0.4, 0.5) is 5.69 Å². The molecule has 0 fully saturated rings. The number of hydrogen-bond acceptors (Lipinski definition) is 4. The summed E-state index contributed by atoms with van der Waals surface area (Å²) in [6.07, 6.45) is 1.35. The molecule has 0 unspecified atom stereocenters. The number of aromatic amines is 1. The normalized spacial score (nSPS) is 11.1. The molecule has 2 aromatic heterocycles. The van der Waals surface area contributed by atoms with E-state index in [4.69, 9.17) is 0 Å². The Balaban J connectivity index is 1.68. The van der Waals surface area contributed by atoms with Crippen molar-refractivity contribution in [3.05, 3.63) is 64.5 Å². The zero-order valence-corrected chi connectivity index (χ0v) is 13.7. The van der Waals surface area contributed by atoms with Crippen LogP contribution < -0.4 is 10.9 Å². The number of hydrogen-bond donors (Lipinski definition) is 2. The van der Waals surface area contributed by atoms with Crippen molar-refractivity contribution in [3.8, 4) is 0 Å². The van der Waals surface area contributed by atoms with Crippen molar-refractivity contribution in [2.75, 3.05) is 5.32 Å². The molecule has 0 bridgehead atoms. The van der Waals surface area contributed by atoms with Crippen molar-refractivity contribution in [1.29, 1.82) is 0 Å². The standard InChI is InChI=1S/C18H15N5O2/c1-10-21-15-7-11(3-6-16(15)23(10)2)17(24)22-12-4-5-14-13(8-12)18(25)20-9-19-14/h3-9H,1-2H3,(H,22,24)(H,19,20,25). The Kier molecular flexibility index (Phi) is 3.35. The van der Waals surface area contributed by atoms with Gasteiger partial charge in [-0.3, -0.25) is 9.59 Å². The maximum atomic E-state index is 12.5. The van der Waals surface area contributed by atoms with Gasteiger partial charge in [0.25, 0.3) is 11.5 Å². The van der Waals surface area contributed by atoms with E-state index in [1.54, 1.807) is 30.3 Å². The number of fused-ring (bicyclic) bond motifs is 2. The van der Waals surface area contributed by atoms with Crippen LogP contribution in [0.1, 0.15) is 16.2 Å². The predicted octanol–water partition coefficient (Wildman–Crippen LogP) is 2.37. The van der Waals surface area contributed by atoms with Crippen LogP contribution in [0.15, 0.2) is 47.5 Å². The number of aryl methyl sites for hydroxylation is 2. The van der Waals surface area contributed by atoms with Gasteiger partial charge in [0.05, 0.1) is 28.3 Å². The maximum Gasteiger partial charge on any atom is 0.258 e. The van der Waals surface area contributed by atoms with Crippen molar-refractivity contribution >= 4 is 33.5 Å². The molecule has 0 radical (unpaired) electrons. The number of imidazole rings is 1. The summed E-state index contributed by atoms with van der Waals surface area (Å²) in [5.41, 5.74) is 3.11. The van der Waals surface area contributed by atoms with Gasteiger partial charge in [-0.15, -0.1) is 0 Å². The maximum absolute atomic E-state index is 12.5. The van der Waals surface area contributed by atoms with Crippen molar-refractivity contribution in [3.63, 3.8) is 0 Å². The molecular formula is C18H15N5O2. The van der Waals surface area contributed by atoms with E-state index in [-0.39, 0.29) is 11.5 Å². The van der Waals surface area contributed by atoms with Gasteiger partial charge in [-0.1, -0.05) is 0 Å². The van der Waals surface area contributed by atoms with Crippen LogP contribution in [0, 0.1) is 6.92 Å². The number of carbonyl (C=O) groups excluding carboxylic acids is 1. The number of aromatic nitrogens is 4. The summed E-state index contributed by atoms with van der Waals surface area (Å²) in [5, 5.41) is 3.24. The van der Waals surface area contributed by atoms with Crippen LogP contribution in [0.25, 0.3) is 21.9 Å². The fraction of sp³-hybridized carbons (Fsp3) is 0.111. The molecule has 124 valence electrons. The summed E-state index contributed by atoms with van der Waals surface area (Å²) in [5.74, 6) is 0.624. The Bertz CT molecular complexity index is 1190. The van der Waals surface area contributed by atoms with Crippen LogP contribution in [0.3, 0.4) is 0 Å². The second kappa shape index (κ2) is 5.55. The first-order valence-corrected chi connectivity index (χ1v) is 7.75. The van der Waals surface area contributed by atoms with Gasteiger partial charge < -0.3 is 14.9 Å². The van der Waals surface area contributed by atoms with E-state index in [2.05, 4.69) is 20.3 Å². The molecule has 2 N–H and O–H groups in total. The monoisotopic (exact) mass is 333 g/mol. The molecule has 2 heterocycles. The average Bonchev–Trinajstić information content (AvgIpc) is 2.89. The summed E-state index contributed by atoms with van der Waals surface area (Å²) in [6.45, 7) is 1.92. The van der Waals surface area contributed by atoms with Gasteiger partial charge in [0.2, 0.25) is 0 Å². The molecule has 0 spiro atoms. The number of carbonyl (C=O) groups is 1. The number of nitrogens with zero attached hydrogens (tertiary/aromatic N) is 3. The molecule has 0 atom stereocenters. The molecule has 0 aliphatic heterocycles. The molecular weight excluding hydrogens is 318 g/mol. The Morgan fingerprint density at radius 2 is 2.00 bits per heavy atom. The SMILES string of the molecule is Cc1nc2cc(C(=O)Nc3ccc4nc[nH]c(=O)c4c3)ccc2n1C. The van der Waals surface area contributed by atoms with E-state index in [0.717, 1.165) is 16.9 Å². The van der Waals surface area contributed by atoms with E-state index in [1.165, 1.54) is 6.33 Å². The summed E-state index contributed by atoms with van der Waals surface area (Å²) in [7, 11) is 1.94. The van der Waals surface area contributed by atoms with Crippen LogP contribution in [0.5, 0.6) is 0 Å². The largest absolute Gasteiger partial charge is 0.331 e. The fourth-order valence-corrected chi connectivity index (χ4v) is 2.81. The summed E-state index contributed by atoms with van der Waals surface area (Å²) < 4.78 is 1.97. The molecule has 4 aromatic rings. The van der Waals surface area contributed by atoms with E-state index in [0.29, 0.717) is 22.2 Å². The first kappa shape index (κ1) is 15.1. The van der Waals surface area contributed by atoms with Crippen molar-refractivity contribution in [1.82, 2.24) is 19.5 Å². The Morgan fingerprint density at radius 3 is 2.84 bits per heavy atom. The minimum Gasteiger partial charge on any atom is -0.331 e. The molecule has 1 amide bonds. The third-order valence-corrected chi connectivity index (χ3v) is 4.26. The second-order valence-corrected chi connectivity index (χ2v) is 5.84. The van der Waals surface area contributed by atoms with Crippen LogP contribution >= 0.6 is 0 Å². The predicted molar refractivity (Wildman–Crippen MR) is 95.8 cm³/mol. The van der Waals surface area contributed by atoms with Crippen molar-refractivity contribution in [2.45, 2.75) is 6.92 Å². The van der Waals surface area contributed by atoms with Gasteiger partial charge >= 0.3 is 0 Å². The minimum absolute atomic E-state index is 0.244. The quantitative estimate of drug-likeness (QED) is 0.589. The molecule has 25 heavy (non-hydrogen) atoms.